The van der Waals surface area contributed by atoms with Crippen LogP contribution in [0.4, 0.5) is 5.69 Å². The molecule has 0 spiro atoms. The molecule has 114 valence electrons. The average molecular weight is 294 g/mol. The van der Waals surface area contributed by atoms with E-state index in [9.17, 15) is 19.7 Å². The Hall–Kier alpha value is -2.44. The zero-order valence-electron chi connectivity index (χ0n) is 12.3. The third-order valence-electron chi connectivity index (χ3n) is 2.98. The Kier molecular flexibility index (Phi) is 5.83. The van der Waals surface area contributed by atoms with Crippen LogP contribution in [0.1, 0.15) is 29.3 Å². The van der Waals surface area contributed by atoms with Gasteiger partial charge in [0.2, 0.25) is 0 Å². The Labute approximate surface area is 122 Å². The molecule has 0 N–H and O–H groups in total. The second-order valence-electron chi connectivity index (χ2n) is 4.53. The molecule has 1 rings (SSSR count). The largest absolute Gasteiger partial charge is 0.468 e. The Morgan fingerprint density at radius 3 is 2.57 bits per heavy atom. The topological polar surface area (TPSA) is 89.8 Å². The Morgan fingerprint density at radius 1 is 1.38 bits per heavy atom. The van der Waals surface area contributed by atoms with Gasteiger partial charge in [-0.2, -0.15) is 0 Å². The quantitative estimate of drug-likeness (QED) is 0.454. The molecular formula is C14H18N2O5. The van der Waals surface area contributed by atoms with Crippen LogP contribution >= 0.6 is 0 Å². The van der Waals surface area contributed by atoms with E-state index in [1.165, 1.54) is 18.1 Å². The molecule has 0 heterocycles. The first kappa shape index (κ1) is 16.6. The monoisotopic (exact) mass is 294 g/mol. The van der Waals surface area contributed by atoms with Crippen molar-refractivity contribution in [3.8, 4) is 0 Å². The van der Waals surface area contributed by atoms with Crippen molar-refractivity contribution in [3.05, 3.63) is 39.4 Å². The number of ether oxygens (including phenoxy) is 1. The van der Waals surface area contributed by atoms with Gasteiger partial charge >= 0.3 is 5.97 Å². The fraction of sp³-hybridized carbons (Fsp3) is 0.429. The summed E-state index contributed by atoms with van der Waals surface area (Å²) in [6, 6.07) is 4.55. The summed E-state index contributed by atoms with van der Waals surface area (Å²) in [4.78, 5) is 35.7. The minimum Gasteiger partial charge on any atom is -0.468 e. The van der Waals surface area contributed by atoms with Crippen LogP contribution in [0.15, 0.2) is 18.2 Å². The molecule has 0 fully saturated rings. The van der Waals surface area contributed by atoms with Crippen molar-refractivity contribution >= 4 is 17.6 Å². The van der Waals surface area contributed by atoms with Crippen molar-refractivity contribution < 1.29 is 19.2 Å². The summed E-state index contributed by atoms with van der Waals surface area (Å²) in [6.07, 6.45) is 0.627. The number of amides is 1. The van der Waals surface area contributed by atoms with E-state index in [0.717, 1.165) is 0 Å². The van der Waals surface area contributed by atoms with Crippen LogP contribution < -0.4 is 0 Å². The summed E-state index contributed by atoms with van der Waals surface area (Å²) in [5, 5.41) is 11.1. The lowest BCUT2D eigenvalue weighted by Crippen LogP contribution is -2.37. The van der Waals surface area contributed by atoms with E-state index in [1.54, 1.807) is 19.1 Å². The highest BCUT2D eigenvalue weighted by Crippen LogP contribution is 2.24. The zero-order valence-corrected chi connectivity index (χ0v) is 12.3. The van der Waals surface area contributed by atoms with Gasteiger partial charge in [-0.1, -0.05) is 19.1 Å². The van der Waals surface area contributed by atoms with Gasteiger partial charge in [0.1, 0.15) is 12.1 Å². The van der Waals surface area contributed by atoms with Crippen molar-refractivity contribution in [2.45, 2.75) is 20.3 Å². The van der Waals surface area contributed by atoms with Gasteiger partial charge in [0.25, 0.3) is 11.6 Å². The molecule has 7 nitrogen and oxygen atoms in total. The van der Waals surface area contributed by atoms with Crippen molar-refractivity contribution in [2.24, 2.45) is 0 Å². The van der Waals surface area contributed by atoms with Gasteiger partial charge < -0.3 is 9.64 Å². The van der Waals surface area contributed by atoms with E-state index in [1.807, 2.05) is 6.92 Å². The lowest BCUT2D eigenvalue weighted by Gasteiger charge is -2.20. The summed E-state index contributed by atoms with van der Waals surface area (Å²) in [6.45, 7) is 3.51. The number of carbonyl (C=O) groups is 2. The average Bonchev–Trinajstić information content (AvgIpc) is 2.45. The number of hydrogen-bond donors (Lipinski definition) is 0. The first-order valence-corrected chi connectivity index (χ1v) is 6.52. The third kappa shape index (κ3) is 4.01. The number of benzene rings is 1. The van der Waals surface area contributed by atoms with E-state index in [-0.39, 0.29) is 17.8 Å². The Morgan fingerprint density at radius 2 is 2.05 bits per heavy atom. The molecular weight excluding hydrogens is 276 g/mol. The molecule has 0 aromatic heterocycles. The van der Waals surface area contributed by atoms with Gasteiger partial charge in [0, 0.05) is 12.1 Å². The predicted molar refractivity (Wildman–Crippen MR) is 76.0 cm³/mol. The number of rotatable bonds is 6. The van der Waals surface area contributed by atoms with Gasteiger partial charge in [-0.25, -0.2) is 0 Å². The molecule has 0 aliphatic carbocycles. The van der Waals surface area contributed by atoms with Crippen LogP contribution in [-0.2, 0) is 9.53 Å². The highest BCUT2D eigenvalue weighted by atomic mass is 16.6. The number of nitro groups is 1. The van der Waals surface area contributed by atoms with Gasteiger partial charge in [-0.15, -0.1) is 0 Å². The van der Waals surface area contributed by atoms with E-state index < -0.39 is 16.8 Å². The van der Waals surface area contributed by atoms with E-state index in [2.05, 4.69) is 4.74 Å². The van der Waals surface area contributed by atoms with Gasteiger partial charge in [-0.05, 0) is 19.4 Å². The number of nitro benzene ring substituents is 1. The van der Waals surface area contributed by atoms with E-state index >= 15 is 0 Å². The van der Waals surface area contributed by atoms with E-state index in [0.29, 0.717) is 18.5 Å². The summed E-state index contributed by atoms with van der Waals surface area (Å²) in [5.41, 5.74) is 0.159. The van der Waals surface area contributed by atoms with Crippen LogP contribution in [0.5, 0.6) is 0 Å². The smallest absolute Gasteiger partial charge is 0.325 e. The lowest BCUT2D eigenvalue weighted by atomic mass is 10.1. The summed E-state index contributed by atoms with van der Waals surface area (Å²) < 4.78 is 4.55. The molecule has 0 aliphatic rings. The van der Waals surface area contributed by atoms with E-state index in [4.69, 9.17) is 0 Å². The minimum absolute atomic E-state index is 0.0163. The molecule has 0 saturated heterocycles. The molecule has 1 aromatic rings. The predicted octanol–water partition coefficient (Wildman–Crippen LogP) is 1.93. The number of esters is 1. The van der Waals surface area contributed by atoms with Gasteiger partial charge in [-0.3, -0.25) is 19.7 Å². The molecule has 1 amide bonds. The van der Waals surface area contributed by atoms with Crippen molar-refractivity contribution in [3.63, 3.8) is 0 Å². The molecule has 7 heteroatoms. The molecule has 0 bridgehead atoms. The first-order chi connectivity index (χ1) is 9.92. The number of para-hydroxylation sites is 1. The van der Waals surface area contributed by atoms with Crippen molar-refractivity contribution in [1.29, 1.82) is 0 Å². The maximum atomic E-state index is 12.5. The number of carbonyl (C=O) groups excluding carboxylic acids is 2. The standard InChI is InChI=1S/C14H18N2O5/c1-4-8-15(9-12(17)21-3)14(18)11-7-5-6-10(2)13(11)16(19)20/h5-7H,4,8-9H2,1-3H3. The Bertz CT molecular complexity index is 556. The SMILES string of the molecule is CCCN(CC(=O)OC)C(=O)c1cccc(C)c1[N+](=O)[O-]. The second-order valence-corrected chi connectivity index (χ2v) is 4.53. The maximum Gasteiger partial charge on any atom is 0.325 e. The highest BCUT2D eigenvalue weighted by molar-refractivity contribution is 6.00. The minimum atomic E-state index is -0.579. The molecule has 0 unspecified atom stereocenters. The van der Waals surface area contributed by atoms with Crippen molar-refractivity contribution in [1.82, 2.24) is 4.90 Å². The highest BCUT2D eigenvalue weighted by Gasteiger charge is 2.27. The molecule has 0 aliphatic heterocycles. The fourth-order valence-corrected chi connectivity index (χ4v) is 1.99. The molecule has 0 radical (unpaired) electrons. The molecule has 0 saturated carbocycles. The van der Waals surface area contributed by atoms with Crippen LogP contribution in [-0.4, -0.2) is 41.9 Å². The molecule has 0 atom stereocenters. The van der Waals surface area contributed by atoms with Crippen LogP contribution in [0, 0.1) is 17.0 Å². The van der Waals surface area contributed by atoms with Crippen LogP contribution in [0.25, 0.3) is 0 Å². The van der Waals surface area contributed by atoms with Crippen LogP contribution in [0.3, 0.4) is 0 Å². The lowest BCUT2D eigenvalue weighted by molar-refractivity contribution is -0.385. The summed E-state index contributed by atoms with van der Waals surface area (Å²) >= 11 is 0. The summed E-state index contributed by atoms with van der Waals surface area (Å²) in [5.74, 6) is -1.11. The van der Waals surface area contributed by atoms with Gasteiger partial charge in [0.15, 0.2) is 0 Å². The second kappa shape index (κ2) is 7.37. The third-order valence-corrected chi connectivity index (χ3v) is 2.98. The number of hydrogen-bond acceptors (Lipinski definition) is 5. The normalized spacial score (nSPS) is 10.0. The number of aryl methyl sites for hydroxylation is 1. The fourth-order valence-electron chi connectivity index (χ4n) is 1.99. The Balaban J connectivity index is 3.17. The zero-order chi connectivity index (χ0) is 16.0. The number of methoxy groups -OCH3 is 1. The van der Waals surface area contributed by atoms with Gasteiger partial charge in [0.05, 0.1) is 12.0 Å². The first-order valence-electron chi connectivity index (χ1n) is 6.52. The molecule has 1 aromatic carbocycles. The van der Waals surface area contributed by atoms with Crippen LogP contribution in [0.2, 0.25) is 0 Å². The van der Waals surface area contributed by atoms with Crippen molar-refractivity contribution in [2.75, 3.05) is 20.2 Å². The molecule has 21 heavy (non-hydrogen) atoms. The number of nitrogens with zero attached hydrogens (tertiary/aromatic N) is 2. The summed E-state index contributed by atoms with van der Waals surface area (Å²) in [7, 11) is 1.23. The maximum absolute atomic E-state index is 12.5.